The Hall–Kier alpha value is -2.77. The second-order valence-corrected chi connectivity index (χ2v) is 10.9. The number of aryl methyl sites for hydroxylation is 2. The maximum atomic E-state index is 13.5. The van der Waals surface area contributed by atoms with Crippen LogP contribution in [0.5, 0.6) is 5.75 Å². The van der Waals surface area contributed by atoms with Crippen molar-refractivity contribution in [2.45, 2.75) is 64.2 Å². The molecule has 1 aromatic heterocycles. The fourth-order valence-electron chi connectivity index (χ4n) is 4.51. The topological polar surface area (TPSA) is 85.6 Å². The zero-order chi connectivity index (χ0) is 25.8. The summed E-state index contributed by atoms with van der Waals surface area (Å²) in [5.41, 5.74) is 3.48. The van der Waals surface area contributed by atoms with Crippen LogP contribution in [-0.2, 0) is 35.0 Å². The highest BCUT2D eigenvalue weighted by Gasteiger charge is 2.32. The molecule has 8 heteroatoms. The Morgan fingerprint density at radius 1 is 1.06 bits per heavy atom. The van der Waals surface area contributed by atoms with Crippen molar-refractivity contribution in [2.24, 2.45) is 0 Å². The fourth-order valence-corrected chi connectivity index (χ4v) is 6.62. The molecule has 0 amide bonds. The van der Waals surface area contributed by atoms with Gasteiger partial charge in [0.2, 0.25) is 0 Å². The summed E-state index contributed by atoms with van der Waals surface area (Å²) in [6.07, 6.45) is 1.23. The molecular formula is C27H32ClNO5S. The van der Waals surface area contributed by atoms with Crippen molar-refractivity contribution in [3.05, 3.63) is 81.1 Å². The number of ether oxygens (including phenoxy) is 1. The van der Waals surface area contributed by atoms with Crippen LogP contribution in [0.1, 0.15) is 58.7 Å². The first-order valence-corrected chi connectivity index (χ1v) is 13.8. The number of nitrogens with zero attached hydrogens (tertiary/aromatic N) is 1. The van der Waals surface area contributed by atoms with Crippen LogP contribution in [0.3, 0.4) is 0 Å². The average molecular weight is 518 g/mol. The number of carboxylic acids is 1. The van der Waals surface area contributed by atoms with Crippen molar-refractivity contribution in [1.29, 1.82) is 0 Å². The van der Waals surface area contributed by atoms with Crippen molar-refractivity contribution < 1.29 is 23.1 Å². The van der Waals surface area contributed by atoms with Gasteiger partial charge in [0.15, 0.2) is 9.84 Å². The second-order valence-electron chi connectivity index (χ2n) is 8.58. The summed E-state index contributed by atoms with van der Waals surface area (Å²) in [4.78, 5) is 12.4. The van der Waals surface area contributed by atoms with Crippen LogP contribution in [0, 0.1) is 13.8 Å². The lowest BCUT2D eigenvalue weighted by Gasteiger charge is -2.13. The van der Waals surface area contributed by atoms with E-state index in [-0.39, 0.29) is 16.3 Å². The molecule has 0 unspecified atom stereocenters. The number of aromatic nitrogens is 1. The van der Waals surface area contributed by atoms with Crippen LogP contribution < -0.4 is 4.74 Å². The number of carbonyl (C=O) groups is 1. The molecule has 35 heavy (non-hydrogen) atoms. The maximum absolute atomic E-state index is 13.5. The first-order chi connectivity index (χ1) is 16.6. The molecule has 188 valence electrons. The minimum absolute atomic E-state index is 0.0502. The van der Waals surface area contributed by atoms with Gasteiger partial charge in [-0.05, 0) is 61.9 Å². The molecule has 0 atom stereocenters. The van der Waals surface area contributed by atoms with Gasteiger partial charge in [-0.2, -0.15) is 0 Å². The first-order valence-electron chi connectivity index (χ1n) is 11.7. The smallest absolute Gasteiger partial charge is 0.352 e. The van der Waals surface area contributed by atoms with Crippen LogP contribution in [0.25, 0.3) is 0 Å². The standard InChI is InChI=1S/C27H32ClNO5S/c1-5-22-25(27(30)31)29(13-10-14-34-21-15-18(3)24(28)19(4)16-21)23(6-2)26(22)35(32,33)17-20-11-8-7-9-12-20/h7-9,11-12,15-16H,5-6,10,13-14,17H2,1-4H3,(H,30,31). The van der Waals surface area contributed by atoms with Gasteiger partial charge in [0.05, 0.1) is 17.3 Å². The van der Waals surface area contributed by atoms with E-state index in [9.17, 15) is 18.3 Å². The van der Waals surface area contributed by atoms with E-state index in [2.05, 4.69) is 0 Å². The molecule has 0 saturated carbocycles. The number of halogens is 1. The highest BCUT2D eigenvalue weighted by molar-refractivity contribution is 7.90. The summed E-state index contributed by atoms with van der Waals surface area (Å²) in [6.45, 7) is 8.17. The number of aromatic carboxylic acids is 1. The summed E-state index contributed by atoms with van der Waals surface area (Å²) in [7, 11) is -3.75. The lowest BCUT2D eigenvalue weighted by atomic mass is 10.1. The molecule has 0 fully saturated rings. The van der Waals surface area contributed by atoms with Gasteiger partial charge in [-0.25, -0.2) is 13.2 Å². The predicted molar refractivity (Wildman–Crippen MR) is 139 cm³/mol. The lowest BCUT2D eigenvalue weighted by molar-refractivity contribution is 0.0682. The van der Waals surface area contributed by atoms with Crippen LogP contribution in [0.2, 0.25) is 5.02 Å². The van der Waals surface area contributed by atoms with Crippen molar-refractivity contribution in [3.8, 4) is 5.75 Å². The number of hydrogen-bond acceptors (Lipinski definition) is 4. The summed E-state index contributed by atoms with van der Waals surface area (Å²) in [5.74, 6) is -0.594. The van der Waals surface area contributed by atoms with Gasteiger partial charge in [0.25, 0.3) is 0 Å². The molecule has 0 spiro atoms. The van der Waals surface area contributed by atoms with Crippen molar-refractivity contribution in [2.75, 3.05) is 6.61 Å². The zero-order valence-corrected chi connectivity index (χ0v) is 22.2. The molecule has 1 N–H and O–H groups in total. The van der Waals surface area contributed by atoms with E-state index in [1.807, 2.05) is 39.0 Å². The van der Waals surface area contributed by atoms with Gasteiger partial charge < -0.3 is 14.4 Å². The Bertz CT molecular complexity index is 1290. The van der Waals surface area contributed by atoms with E-state index in [0.29, 0.717) is 60.0 Å². The third kappa shape index (κ3) is 5.90. The number of benzene rings is 2. The SMILES string of the molecule is CCc1c(S(=O)(=O)Cc2ccccc2)c(CC)n(CCCOc2cc(C)c(Cl)c(C)c2)c1C(=O)O. The van der Waals surface area contributed by atoms with E-state index in [0.717, 1.165) is 11.1 Å². The molecule has 0 aliphatic rings. The Kier molecular flexibility index (Phi) is 8.67. The highest BCUT2D eigenvalue weighted by atomic mass is 35.5. The molecule has 0 aliphatic carbocycles. The van der Waals surface area contributed by atoms with E-state index in [1.165, 1.54) is 0 Å². The van der Waals surface area contributed by atoms with Crippen molar-refractivity contribution in [3.63, 3.8) is 0 Å². The largest absolute Gasteiger partial charge is 0.494 e. The zero-order valence-electron chi connectivity index (χ0n) is 20.6. The molecule has 0 radical (unpaired) electrons. The van der Waals surface area contributed by atoms with Crippen molar-refractivity contribution >= 4 is 27.4 Å². The van der Waals surface area contributed by atoms with E-state index < -0.39 is 15.8 Å². The monoisotopic (exact) mass is 517 g/mol. The molecule has 2 aromatic carbocycles. The first kappa shape index (κ1) is 26.8. The fraction of sp³-hybridized carbons (Fsp3) is 0.370. The second kappa shape index (κ2) is 11.3. The summed E-state index contributed by atoms with van der Waals surface area (Å²) in [6, 6.07) is 12.7. The van der Waals surface area contributed by atoms with Gasteiger partial charge in [-0.3, -0.25) is 0 Å². The van der Waals surface area contributed by atoms with Gasteiger partial charge in [-0.15, -0.1) is 0 Å². The Labute approximate surface area is 212 Å². The molecule has 1 heterocycles. The van der Waals surface area contributed by atoms with Crippen LogP contribution >= 0.6 is 11.6 Å². The summed E-state index contributed by atoms with van der Waals surface area (Å²) >= 11 is 6.23. The van der Waals surface area contributed by atoms with Crippen LogP contribution in [-0.4, -0.2) is 30.7 Å². The number of sulfone groups is 1. The number of hydrogen-bond donors (Lipinski definition) is 1. The van der Waals surface area contributed by atoms with E-state index in [4.69, 9.17) is 16.3 Å². The third-order valence-corrected chi connectivity index (χ3v) is 8.44. The quantitative estimate of drug-likeness (QED) is 0.314. The minimum atomic E-state index is -3.75. The van der Waals surface area contributed by atoms with Gasteiger partial charge in [0, 0.05) is 22.8 Å². The summed E-state index contributed by atoms with van der Waals surface area (Å²) in [5, 5.41) is 10.7. The Morgan fingerprint density at radius 3 is 2.23 bits per heavy atom. The Morgan fingerprint density at radius 2 is 1.69 bits per heavy atom. The number of carboxylic acid groups (broad SMARTS) is 1. The lowest BCUT2D eigenvalue weighted by Crippen LogP contribution is -2.14. The number of rotatable bonds is 11. The van der Waals surface area contributed by atoms with Gasteiger partial charge in [-0.1, -0.05) is 55.8 Å². The predicted octanol–water partition coefficient (Wildman–Crippen LogP) is 6.02. The maximum Gasteiger partial charge on any atom is 0.352 e. The molecule has 0 aliphatic heterocycles. The van der Waals surface area contributed by atoms with Gasteiger partial charge >= 0.3 is 5.97 Å². The third-order valence-electron chi connectivity index (χ3n) is 6.02. The van der Waals surface area contributed by atoms with Crippen molar-refractivity contribution in [1.82, 2.24) is 4.57 Å². The van der Waals surface area contributed by atoms with E-state index in [1.54, 1.807) is 35.8 Å². The molecule has 6 nitrogen and oxygen atoms in total. The van der Waals surface area contributed by atoms with Gasteiger partial charge in [0.1, 0.15) is 11.4 Å². The van der Waals surface area contributed by atoms with Crippen LogP contribution in [0.4, 0.5) is 0 Å². The average Bonchev–Trinajstić information content (AvgIpc) is 3.15. The highest BCUT2D eigenvalue weighted by Crippen LogP contribution is 2.32. The molecular weight excluding hydrogens is 486 g/mol. The normalized spacial score (nSPS) is 11.6. The van der Waals surface area contributed by atoms with E-state index >= 15 is 0 Å². The molecule has 0 bridgehead atoms. The Balaban J connectivity index is 1.91. The molecule has 3 aromatic rings. The van der Waals surface area contributed by atoms with Crippen LogP contribution in [0.15, 0.2) is 47.4 Å². The minimum Gasteiger partial charge on any atom is -0.494 e. The summed E-state index contributed by atoms with van der Waals surface area (Å²) < 4.78 is 34.6. The molecule has 0 saturated heterocycles. The molecule has 3 rings (SSSR count).